The average Bonchev–Trinajstić information content (AvgIpc) is 3.06. The van der Waals surface area contributed by atoms with Crippen LogP contribution in [0.2, 0.25) is 0 Å². The van der Waals surface area contributed by atoms with Gasteiger partial charge in [-0.15, -0.1) is 34.9 Å². The molecule has 0 unspecified atom stereocenters. The van der Waals surface area contributed by atoms with E-state index in [1.165, 1.54) is 17.5 Å². The van der Waals surface area contributed by atoms with Gasteiger partial charge in [0.25, 0.3) is 0 Å². The Morgan fingerprint density at radius 1 is 1.00 bits per heavy atom. The van der Waals surface area contributed by atoms with Crippen molar-refractivity contribution in [2.24, 2.45) is 4.99 Å². The predicted octanol–water partition coefficient (Wildman–Crippen LogP) is 6.51. The van der Waals surface area contributed by atoms with Crippen molar-refractivity contribution in [3.63, 3.8) is 0 Å². The van der Waals surface area contributed by atoms with E-state index in [1.807, 2.05) is 30.3 Å². The molecule has 0 N–H and O–H groups in total. The van der Waals surface area contributed by atoms with Crippen LogP contribution >= 0.6 is 28.3 Å². The molecular formula is C22H18BrFN2S. The Morgan fingerprint density at radius 3 is 2.52 bits per heavy atom. The molecule has 2 nitrogen and oxygen atoms in total. The van der Waals surface area contributed by atoms with Crippen LogP contribution in [0.1, 0.15) is 0 Å². The number of benzene rings is 3. The highest BCUT2D eigenvalue weighted by Crippen LogP contribution is 2.26. The van der Waals surface area contributed by atoms with E-state index in [4.69, 9.17) is 4.99 Å². The van der Waals surface area contributed by atoms with E-state index in [1.54, 1.807) is 23.5 Å². The smallest absolute Gasteiger partial charge is 0.190 e. The van der Waals surface area contributed by atoms with Crippen molar-refractivity contribution in [3.05, 3.63) is 95.4 Å². The van der Waals surface area contributed by atoms with Crippen molar-refractivity contribution in [1.82, 2.24) is 4.57 Å². The van der Waals surface area contributed by atoms with Gasteiger partial charge in [-0.2, -0.15) is 0 Å². The molecule has 27 heavy (non-hydrogen) atoms. The van der Waals surface area contributed by atoms with E-state index in [0.29, 0.717) is 6.54 Å². The Hall–Kier alpha value is -2.50. The van der Waals surface area contributed by atoms with Crippen molar-refractivity contribution in [2.45, 2.75) is 6.54 Å². The fourth-order valence-electron chi connectivity index (χ4n) is 2.98. The number of fused-ring (bicyclic) bond motifs is 1. The first kappa shape index (κ1) is 19.3. The van der Waals surface area contributed by atoms with Crippen molar-refractivity contribution < 1.29 is 4.39 Å². The first-order chi connectivity index (χ1) is 12.8. The molecule has 136 valence electrons. The summed E-state index contributed by atoms with van der Waals surface area (Å²) < 4.78 is 15.4. The van der Waals surface area contributed by atoms with Crippen LogP contribution in [-0.4, -0.2) is 4.57 Å². The van der Waals surface area contributed by atoms with Gasteiger partial charge in [0, 0.05) is 17.3 Å². The fraction of sp³-hybridized carbons (Fsp3) is 0.0455. The molecule has 4 aromatic rings. The van der Waals surface area contributed by atoms with Crippen LogP contribution < -0.4 is 4.80 Å². The SMILES string of the molecule is Br.C=CCn1c(-c2ccc(F)cc2)csc1=Nc1cccc2ccccc12. The van der Waals surface area contributed by atoms with Crippen LogP contribution in [0.4, 0.5) is 10.1 Å². The van der Waals surface area contributed by atoms with E-state index in [9.17, 15) is 4.39 Å². The molecular weight excluding hydrogens is 423 g/mol. The first-order valence-electron chi connectivity index (χ1n) is 8.34. The highest BCUT2D eigenvalue weighted by atomic mass is 79.9. The molecule has 0 aliphatic heterocycles. The Morgan fingerprint density at radius 2 is 1.74 bits per heavy atom. The lowest BCUT2D eigenvalue weighted by atomic mass is 10.1. The Balaban J connectivity index is 0.00000210. The average molecular weight is 441 g/mol. The number of halogens is 2. The molecule has 3 aromatic carbocycles. The van der Waals surface area contributed by atoms with Crippen LogP contribution in [0, 0.1) is 5.82 Å². The number of thiazole rings is 1. The van der Waals surface area contributed by atoms with Crippen LogP contribution in [0.5, 0.6) is 0 Å². The second-order valence-corrected chi connectivity index (χ2v) is 6.76. The summed E-state index contributed by atoms with van der Waals surface area (Å²) in [6.07, 6.45) is 1.85. The summed E-state index contributed by atoms with van der Waals surface area (Å²) in [7, 11) is 0. The minimum atomic E-state index is -0.236. The first-order valence-corrected chi connectivity index (χ1v) is 9.22. The van der Waals surface area contributed by atoms with Crippen LogP contribution in [0.25, 0.3) is 22.0 Å². The lowest BCUT2D eigenvalue weighted by Crippen LogP contribution is -2.14. The zero-order chi connectivity index (χ0) is 17.9. The maximum Gasteiger partial charge on any atom is 0.190 e. The molecule has 0 fully saturated rings. The number of rotatable bonds is 4. The zero-order valence-electron chi connectivity index (χ0n) is 14.5. The maximum absolute atomic E-state index is 13.3. The number of allylic oxidation sites excluding steroid dienone is 1. The third-order valence-electron chi connectivity index (χ3n) is 4.23. The van der Waals surface area contributed by atoms with Gasteiger partial charge in [0.2, 0.25) is 0 Å². The minimum absolute atomic E-state index is 0. The summed E-state index contributed by atoms with van der Waals surface area (Å²) in [6.45, 7) is 4.50. The number of nitrogens with zero attached hydrogens (tertiary/aromatic N) is 2. The van der Waals surface area contributed by atoms with Crippen molar-refractivity contribution in [1.29, 1.82) is 0 Å². The molecule has 0 radical (unpaired) electrons. The monoisotopic (exact) mass is 440 g/mol. The van der Waals surface area contributed by atoms with Gasteiger partial charge in [0.15, 0.2) is 4.80 Å². The molecule has 0 atom stereocenters. The topological polar surface area (TPSA) is 17.3 Å². The largest absolute Gasteiger partial charge is 0.313 e. The van der Waals surface area contributed by atoms with Gasteiger partial charge < -0.3 is 4.57 Å². The highest BCUT2D eigenvalue weighted by molar-refractivity contribution is 8.93. The Labute approximate surface area is 171 Å². The molecule has 4 rings (SSSR count). The van der Waals surface area contributed by atoms with Gasteiger partial charge in [0.1, 0.15) is 5.82 Å². The molecule has 0 bridgehead atoms. The normalized spacial score (nSPS) is 11.4. The minimum Gasteiger partial charge on any atom is -0.313 e. The van der Waals surface area contributed by atoms with Crippen molar-refractivity contribution >= 4 is 44.8 Å². The molecule has 0 aliphatic rings. The fourth-order valence-corrected chi connectivity index (χ4v) is 3.92. The summed E-state index contributed by atoms with van der Waals surface area (Å²) in [6, 6.07) is 20.9. The predicted molar refractivity (Wildman–Crippen MR) is 117 cm³/mol. The molecule has 5 heteroatoms. The second-order valence-electron chi connectivity index (χ2n) is 5.92. The number of aromatic nitrogens is 1. The summed E-state index contributed by atoms with van der Waals surface area (Å²) in [5.74, 6) is -0.236. The lowest BCUT2D eigenvalue weighted by Gasteiger charge is -2.07. The third kappa shape index (κ3) is 3.94. The van der Waals surface area contributed by atoms with Gasteiger partial charge in [-0.3, -0.25) is 0 Å². The van der Waals surface area contributed by atoms with E-state index in [-0.39, 0.29) is 22.8 Å². The molecule has 1 heterocycles. The maximum atomic E-state index is 13.3. The molecule has 0 saturated heterocycles. The highest BCUT2D eigenvalue weighted by Gasteiger charge is 2.08. The summed E-state index contributed by atoms with van der Waals surface area (Å²) >= 11 is 1.57. The van der Waals surface area contributed by atoms with Crippen LogP contribution in [0.3, 0.4) is 0 Å². The van der Waals surface area contributed by atoms with Crippen LogP contribution in [0.15, 0.2) is 89.8 Å². The van der Waals surface area contributed by atoms with Crippen LogP contribution in [-0.2, 0) is 6.54 Å². The van der Waals surface area contributed by atoms with Gasteiger partial charge in [0.05, 0.1) is 11.4 Å². The standard InChI is InChI=1S/C22H17FN2S.BrH/c1-2-14-25-21(17-10-12-18(23)13-11-17)15-26-22(25)24-20-9-5-7-16-6-3-4-8-19(16)20;/h2-13,15H,1,14H2;1H. The number of hydrogen-bond acceptors (Lipinski definition) is 2. The number of hydrogen-bond donors (Lipinski definition) is 0. The molecule has 1 aromatic heterocycles. The van der Waals surface area contributed by atoms with Gasteiger partial charge in [-0.1, -0.05) is 42.5 Å². The summed E-state index contributed by atoms with van der Waals surface area (Å²) in [5.41, 5.74) is 2.91. The second kappa shape index (κ2) is 8.46. The summed E-state index contributed by atoms with van der Waals surface area (Å²) in [5, 5.41) is 4.34. The third-order valence-corrected chi connectivity index (χ3v) is 5.10. The molecule has 0 amide bonds. The van der Waals surface area contributed by atoms with Gasteiger partial charge in [-0.05, 0) is 41.3 Å². The van der Waals surface area contributed by atoms with E-state index < -0.39 is 0 Å². The molecule has 0 spiro atoms. The van der Waals surface area contributed by atoms with Gasteiger partial charge in [-0.25, -0.2) is 9.38 Å². The molecule has 0 saturated carbocycles. The van der Waals surface area contributed by atoms with Crippen molar-refractivity contribution in [2.75, 3.05) is 0 Å². The van der Waals surface area contributed by atoms with Gasteiger partial charge >= 0.3 is 0 Å². The lowest BCUT2D eigenvalue weighted by molar-refractivity contribution is 0.628. The summed E-state index contributed by atoms with van der Waals surface area (Å²) in [4.78, 5) is 5.80. The Kier molecular flexibility index (Phi) is 6.04. The van der Waals surface area contributed by atoms with Crippen molar-refractivity contribution in [3.8, 4) is 11.3 Å². The zero-order valence-corrected chi connectivity index (χ0v) is 17.0. The molecule has 0 aliphatic carbocycles. The quantitative estimate of drug-likeness (QED) is 0.322. The Bertz CT molecular complexity index is 1140. The van der Waals surface area contributed by atoms with E-state index in [0.717, 1.165) is 27.1 Å². The van der Waals surface area contributed by atoms with E-state index in [2.05, 4.69) is 34.7 Å². The van der Waals surface area contributed by atoms with E-state index >= 15 is 0 Å².